The number of esters is 1. The number of benzene rings is 1. The fourth-order valence-corrected chi connectivity index (χ4v) is 2.39. The van der Waals surface area contributed by atoms with Crippen molar-refractivity contribution in [2.24, 2.45) is 0 Å². The summed E-state index contributed by atoms with van der Waals surface area (Å²) in [5, 5.41) is 0. The smallest absolute Gasteiger partial charge is 0.334 e. The quantitative estimate of drug-likeness (QED) is 0.457. The van der Waals surface area contributed by atoms with Crippen LogP contribution in [-0.4, -0.2) is 31.1 Å². The maximum absolute atomic E-state index is 11.3. The molecule has 0 saturated carbocycles. The number of hydrogen-bond donors (Lipinski definition) is 0. The summed E-state index contributed by atoms with van der Waals surface area (Å²) in [6.45, 7) is 8.27. The van der Waals surface area contributed by atoms with Gasteiger partial charge in [-0.25, -0.2) is 4.79 Å². The molecule has 1 aromatic carbocycles. The van der Waals surface area contributed by atoms with E-state index in [0.717, 1.165) is 12.0 Å². The predicted octanol–water partition coefficient (Wildman–Crippen LogP) is 3.23. The summed E-state index contributed by atoms with van der Waals surface area (Å²) in [6, 6.07) is 7.72. The molecule has 0 N–H and O–H groups in total. The summed E-state index contributed by atoms with van der Waals surface area (Å²) in [4.78, 5) is 11.3. The highest BCUT2D eigenvalue weighted by Crippen LogP contribution is 2.25. The number of ether oxygens (including phenoxy) is 4. The Morgan fingerprint density at radius 3 is 2.61 bits per heavy atom. The fourth-order valence-electron chi connectivity index (χ4n) is 2.39. The third-order valence-corrected chi connectivity index (χ3v) is 3.34. The average Bonchev–Trinajstić information content (AvgIpc) is 2.80. The van der Waals surface area contributed by atoms with Crippen LogP contribution in [0, 0.1) is 0 Å². The van der Waals surface area contributed by atoms with E-state index in [0.29, 0.717) is 24.7 Å². The summed E-state index contributed by atoms with van der Waals surface area (Å²) >= 11 is 0. The lowest BCUT2D eigenvalue weighted by Gasteiger charge is -2.17. The predicted molar refractivity (Wildman–Crippen MR) is 86.1 cm³/mol. The van der Waals surface area contributed by atoms with Crippen LogP contribution in [0.2, 0.25) is 0 Å². The van der Waals surface area contributed by atoms with Crippen molar-refractivity contribution in [3.8, 4) is 5.75 Å². The van der Waals surface area contributed by atoms with Gasteiger partial charge in [0.2, 0.25) is 0 Å². The molecule has 2 rings (SSSR count). The minimum atomic E-state index is -0.497. The summed E-state index contributed by atoms with van der Waals surface area (Å²) in [7, 11) is 0. The van der Waals surface area contributed by atoms with Gasteiger partial charge in [0, 0.05) is 6.42 Å². The van der Waals surface area contributed by atoms with Gasteiger partial charge in [0.1, 0.15) is 11.5 Å². The van der Waals surface area contributed by atoms with Crippen molar-refractivity contribution in [1.29, 1.82) is 0 Å². The largest absolute Gasteiger partial charge is 0.463 e. The highest BCUT2D eigenvalue weighted by atomic mass is 16.7. The van der Waals surface area contributed by atoms with Gasteiger partial charge < -0.3 is 18.9 Å². The number of rotatable bonds is 6. The number of hydrogen-bond acceptors (Lipinski definition) is 5. The van der Waals surface area contributed by atoms with Gasteiger partial charge in [-0.15, -0.1) is 0 Å². The molecule has 0 amide bonds. The molecule has 1 heterocycles. The van der Waals surface area contributed by atoms with Crippen LogP contribution in [0.15, 0.2) is 36.1 Å². The van der Waals surface area contributed by atoms with E-state index in [4.69, 9.17) is 18.9 Å². The second kappa shape index (κ2) is 7.62. The molecular weight excluding hydrogens is 296 g/mol. The molecule has 1 aliphatic rings. The Bertz CT molecular complexity index is 559. The first-order valence-electron chi connectivity index (χ1n) is 7.81. The summed E-state index contributed by atoms with van der Waals surface area (Å²) < 4.78 is 21.8. The number of allylic oxidation sites excluding steroid dienone is 1. The van der Waals surface area contributed by atoms with Crippen LogP contribution < -0.4 is 4.74 Å². The topological polar surface area (TPSA) is 54.0 Å². The Morgan fingerprint density at radius 1 is 1.35 bits per heavy atom. The van der Waals surface area contributed by atoms with Crippen molar-refractivity contribution in [2.75, 3.05) is 13.2 Å². The van der Waals surface area contributed by atoms with Gasteiger partial charge in [0.15, 0.2) is 5.79 Å². The molecule has 1 aromatic rings. The van der Waals surface area contributed by atoms with Crippen molar-refractivity contribution < 1.29 is 23.7 Å². The molecule has 0 bridgehead atoms. The fraction of sp³-hybridized carbons (Fsp3) is 0.500. The van der Waals surface area contributed by atoms with Gasteiger partial charge in [-0.3, -0.25) is 0 Å². The van der Waals surface area contributed by atoms with Crippen molar-refractivity contribution >= 4 is 5.97 Å². The molecule has 0 aliphatic carbocycles. The molecular formula is C18H24O5. The Labute approximate surface area is 137 Å². The standard InChI is InChI=1S/C18H24O5/c1-5-20-17(19)10-13(2)22-15-8-6-14(7-9-15)11-16-12-21-18(3,4)23-16/h6-10,16H,5,11-12H2,1-4H3. The molecule has 1 aliphatic heterocycles. The Balaban J connectivity index is 1.88. The van der Waals surface area contributed by atoms with E-state index in [1.165, 1.54) is 6.08 Å². The van der Waals surface area contributed by atoms with Crippen molar-refractivity contribution in [3.63, 3.8) is 0 Å². The van der Waals surface area contributed by atoms with Crippen LogP contribution >= 0.6 is 0 Å². The van der Waals surface area contributed by atoms with Crippen LogP contribution in [0.5, 0.6) is 5.75 Å². The number of carbonyl (C=O) groups is 1. The van der Waals surface area contributed by atoms with Crippen molar-refractivity contribution in [3.05, 3.63) is 41.7 Å². The van der Waals surface area contributed by atoms with Crippen LogP contribution in [0.1, 0.15) is 33.3 Å². The van der Waals surface area contributed by atoms with E-state index in [2.05, 4.69) is 0 Å². The molecule has 0 radical (unpaired) electrons. The first-order chi connectivity index (χ1) is 10.9. The van der Waals surface area contributed by atoms with Crippen LogP contribution in [0.25, 0.3) is 0 Å². The highest BCUT2D eigenvalue weighted by Gasteiger charge is 2.32. The lowest BCUT2D eigenvalue weighted by molar-refractivity contribution is -0.138. The molecule has 1 saturated heterocycles. The molecule has 0 spiro atoms. The molecule has 0 aromatic heterocycles. The average molecular weight is 320 g/mol. The summed E-state index contributed by atoms with van der Waals surface area (Å²) in [5.74, 6) is 0.270. The number of carbonyl (C=O) groups excluding carboxylic acids is 1. The maximum Gasteiger partial charge on any atom is 0.334 e. The van der Waals surface area contributed by atoms with Gasteiger partial charge in [-0.05, 0) is 45.4 Å². The second-order valence-corrected chi connectivity index (χ2v) is 5.91. The third-order valence-electron chi connectivity index (χ3n) is 3.34. The Kier molecular flexibility index (Phi) is 5.80. The Hall–Kier alpha value is -1.85. The van der Waals surface area contributed by atoms with Crippen molar-refractivity contribution in [1.82, 2.24) is 0 Å². The maximum atomic E-state index is 11.3. The van der Waals surface area contributed by atoms with Crippen molar-refractivity contribution in [2.45, 2.75) is 46.0 Å². The molecule has 1 fully saturated rings. The lowest BCUT2D eigenvalue weighted by atomic mass is 10.1. The first-order valence-corrected chi connectivity index (χ1v) is 7.81. The van der Waals surface area contributed by atoms with Gasteiger partial charge in [0.05, 0.1) is 25.4 Å². The summed E-state index contributed by atoms with van der Waals surface area (Å²) in [5.41, 5.74) is 1.15. The van der Waals surface area contributed by atoms with Gasteiger partial charge in [-0.1, -0.05) is 12.1 Å². The SMILES string of the molecule is CCOC(=O)C=C(C)Oc1ccc(CC2COC(C)(C)O2)cc1. The minimum absolute atomic E-state index is 0.0715. The normalized spacial score (nSPS) is 20.3. The van der Waals surface area contributed by atoms with Gasteiger partial charge >= 0.3 is 5.97 Å². The molecule has 5 nitrogen and oxygen atoms in total. The second-order valence-electron chi connectivity index (χ2n) is 5.91. The van der Waals surface area contributed by atoms with E-state index in [9.17, 15) is 4.79 Å². The zero-order valence-corrected chi connectivity index (χ0v) is 14.1. The molecule has 5 heteroatoms. The van der Waals surface area contributed by atoms with Gasteiger partial charge in [-0.2, -0.15) is 0 Å². The monoisotopic (exact) mass is 320 g/mol. The van der Waals surface area contributed by atoms with Crippen LogP contribution in [0.3, 0.4) is 0 Å². The third kappa shape index (κ3) is 5.69. The highest BCUT2D eigenvalue weighted by molar-refractivity contribution is 5.82. The molecule has 1 atom stereocenters. The Morgan fingerprint density at radius 2 is 2.04 bits per heavy atom. The molecule has 126 valence electrons. The molecule has 23 heavy (non-hydrogen) atoms. The van der Waals surface area contributed by atoms with E-state index in [-0.39, 0.29) is 6.10 Å². The minimum Gasteiger partial charge on any atom is -0.463 e. The molecule has 1 unspecified atom stereocenters. The van der Waals surface area contributed by atoms with E-state index in [1.807, 2.05) is 38.1 Å². The summed E-state index contributed by atoms with van der Waals surface area (Å²) in [6.07, 6.45) is 2.20. The van der Waals surface area contributed by atoms with Crippen LogP contribution in [0.4, 0.5) is 0 Å². The zero-order valence-electron chi connectivity index (χ0n) is 14.1. The lowest BCUT2D eigenvalue weighted by Crippen LogP contribution is -2.22. The van der Waals surface area contributed by atoms with Crippen LogP contribution in [-0.2, 0) is 25.4 Å². The van der Waals surface area contributed by atoms with Gasteiger partial charge in [0.25, 0.3) is 0 Å². The van der Waals surface area contributed by atoms with E-state index >= 15 is 0 Å². The zero-order chi connectivity index (χ0) is 16.9. The van der Waals surface area contributed by atoms with E-state index < -0.39 is 11.8 Å². The van der Waals surface area contributed by atoms with E-state index in [1.54, 1.807) is 13.8 Å². The first kappa shape index (κ1) is 17.5.